The highest BCUT2D eigenvalue weighted by molar-refractivity contribution is 5.96. The van der Waals surface area contributed by atoms with Crippen LogP contribution >= 0.6 is 0 Å². The van der Waals surface area contributed by atoms with Crippen LogP contribution in [0.2, 0.25) is 0 Å². The van der Waals surface area contributed by atoms with Gasteiger partial charge in [0.15, 0.2) is 6.61 Å². The molecule has 0 bridgehead atoms. The van der Waals surface area contributed by atoms with Crippen molar-refractivity contribution in [3.63, 3.8) is 0 Å². The molecule has 1 atom stereocenters. The molecule has 0 aliphatic rings. The Balaban J connectivity index is 1.48. The molecule has 0 saturated heterocycles. The van der Waals surface area contributed by atoms with Crippen LogP contribution in [-0.2, 0) is 14.3 Å². The van der Waals surface area contributed by atoms with Crippen molar-refractivity contribution in [2.75, 3.05) is 11.9 Å². The Morgan fingerprint density at radius 2 is 1.69 bits per heavy atom. The van der Waals surface area contributed by atoms with Gasteiger partial charge in [0, 0.05) is 28.8 Å². The van der Waals surface area contributed by atoms with Crippen LogP contribution in [0.15, 0.2) is 82.0 Å². The first-order chi connectivity index (χ1) is 16.8. The maximum absolute atomic E-state index is 13.1. The summed E-state index contributed by atoms with van der Waals surface area (Å²) in [7, 11) is 0. The monoisotopic (exact) mass is 471 g/mol. The van der Waals surface area contributed by atoms with Gasteiger partial charge >= 0.3 is 11.6 Å². The molecule has 4 aromatic rings. The summed E-state index contributed by atoms with van der Waals surface area (Å²) in [6.45, 7) is 5.20. The van der Waals surface area contributed by atoms with Crippen molar-refractivity contribution < 1.29 is 23.5 Å². The zero-order chi connectivity index (χ0) is 24.9. The SMILES string of the molecule is Cc1ccc(C)c(NC(=O)[C@@H](OC(=O)COc2ccc3c(C)cc(=O)oc3c2)c2ccccc2)c1. The van der Waals surface area contributed by atoms with Gasteiger partial charge in [-0.2, -0.15) is 0 Å². The van der Waals surface area contributed by atoms with Gasteiger partial charge in [-0.25, -0.2) is 9.59 Å². The molecule has 0 saturated carbocycles. The Labute approximate surface area is 202 Å². The van der Waals surface area contributed by atoms with E-state index in [0.717, 1.165) is 22.1 Å². The molecule has 4 rings (SSSR count). The average Bonchev–Trinajstić information content (AvgIpc) is 2.83. The minimum absolute atomic E-state index is 0.333. The van der Waals surface area contributed by atoms with E-state index in [-0.39, 0.29) is 0 Å². The zero-order valence-electron chi connectivity index (χ0n) is 19.7. The first-order valence-electron chi connectivity index (χ1n) is 11.1. The highest BCUT2D eigenvalue weighted by atomic mass is 16.6. The lowest BCUT2D eigenvalue weighted by Gasteiger charge is -2.19. The number of aryl methyl sites for hydroxylation is 3. The number of carbonyl (C=O) groups excluding carboxylic acids is 2. The number of esters is 1. The summed E-state index contributed by atoms with van der Waals surface area (Å²) in [4.78, 5) is 37.4. The Bertz CT molecular complexity index is 1440. The predicted octanol–water partition coefficient (Wildman–Crippen LogP) is 5.02. The molecule has 0 unspecified atom stereocenters. The number of nitrogens with one attached hydrogen (secondary N) is 1. The molecule has 1 aromatic heterocycles. The topological polar surface area (TPSA) is 94.8 Å². The number of hydrogen-bond donors (Lipinski definition) is 1. The number of ether oxygens (including phenoxy) is 2. The molecule has 1 heterocycles. The van der Waals surface area contributed by atoms with Crippen LogP contribution in [0.1, 0.15) is 28.4 Å². The fraction of sp³-hybridized carbons (Fsp3) is 0.179. The number of anilines is 1. The molecule has 0 aliphatic heterocycles. The molecule has 0 aliphatic carbocycles. The molecule has 0 radical (unpaired) electrons. The third-order valence-electron chi connectivity index (χ3n) is 5.52. The van der Waals surface area contributed by atoms with Crippen LogP contribution in [-0.4, -0.2) is 18.5 Å². The zero-order valence-corrected chi connectivity index (χ0v) is 19.7. The van der Waals surface area contributed by atoms with Crippen LogP contribution in [0.5, 0.6) is 5.75 Å². The maximum Gasteiger partial charge on any atom is 0.345 e. The van der Waals surface area contributed by atoms with Crippen molar-refractivity contribution in [1.29, 1.82) is 0 Å². The summed E-state index contributed by atoms with van der Waals surface area (Å²) in [5.74, 6) is -0.860. The van der Waals surface area contributed by atoms with Crippen molar-refractivity contribution in [2.45, 2.75) is 26.9 Å². The lowest BCUT2D eigenvalue weighted by Crippen LogP contribution is -2.28. The van der Waals surface area contributed by atoms with E-state index in [2.05, 4.69) is 5.32 Å². The Morgan fingerprint density at radius 1 is 0.914 bits per heavy atom. The van der Waals surface area contributed by atoms with Gasteiger partial charge in [0.05, 0.1) is 0 Å². The van der Waals surface area contributed by atoms with Gasteiger partial charge in [-0.1, -0.05) is 42.5 Å². The third-order valence-corrected chi connectivity index (χ3v) is 5.52. The molecule has 1 amide bonds. The number of fused-ring (bicyclic) bond motifs is 1. The van der Waals surface area contributed by atoms with Crippen molar-refractivity contribution in [3.05, 3.63) is 105 Å². The van der Waals surface area contributed by atoms with Crippen LogP contribution in [0.3, 0.4) is 0 Å². The second-order valence-electron chi connectivity index (χ2n) is 8.28. The normalized spacial score (nSPS) is 11.6. The van der Waals surface area contributed by atoms with Crippen molar-refractivity contribution in [2.24, 2.45) is 0 Å². The summed E-state index contributed by atoms with van der Waals surface area (Å²) < 4.78 is 16.3. The standard InChI is InChI=1S/C28H25NO6/c1-17-9-10-18(2)23(13-17)29-28(32)27(20-7-5-4-6-8-20)35-26(31)16-33-21-11-12-22-19(3)14-25(30)34-24(22)15-21/h4-15,27H,16H2,1-3H3,(H,29,32)/t27-/m0/s1. The minimum atomic E-state index is -1.16. The third kappa shape index (κ3) is 5.76. The molecule has 0 fully saturated rings. The molecule has 0 spiro atoms. The average molecular weight is 472 g/mol. The second kappa shape index (κ2) is 10.3. The first kappa shape index (κ1) is 23.8. The summed E-state index contributed by atoms with van der Waals surface area (Å²) in [5, 5.41) is 3.63. The lowest BCUT2D eigenvalue weighted by atomic mass is 10.1. The summed E-state index contributed by atoms with van der Waals surface area (Å²) >= 11 is 0. The van der Waals surface area contributed by atoms with Crippen LogP contribution in [0.25, 0.3) is 11.0 Å². The number of benzene rings is 3. The van der Waals surface area contributed by atoms with E-state index in [1.807, 2.05) is 45.0 Å². The summed E-state index contributed by atoms with van der Waals surface area (Å²) in [6.07, 6.45) is -1.16. The van der Waals surface area contributed by atoms with E-state index in [4.69, 9.17) is 13.9 Å². The van der Waals surface area contributed by atoms with Gasteiger partial charge in [-0.05, 0) is 55.7 Å². The molecule has 7 nitrogen and oxygen atoms in total. The fourth-order valence-electron chi connectivity index (χ4n) is 3.67. The van der Waals surface area contributed by atoms with E-state index >= 15 is 0 Å². The molecule has 178 valence electrons. The predicted molar refractivity (Wildman–Crippen MR) is 133 cm³/mol. The fourth-order valence-corrected chi connectivity index (χ4v) is 3.67. The van der Waals surface area contributed by atoms with Gasteiger partial charge in [0.1, 0.15) is 11.3 Å². The quantitative estimate of drug-likeness (QED) is 0.300. The van der Waals surface area contributed by atoms with E-state index < -0.39 is 30.2 Å². The van der Waals surface area contributed by atoms with E-state index in [0.29, 0.717) is 22.6 Å². The lowest BCUT2D eigenvalue weighted by molar-refractivity contribution is -0.156. The van der Waals surface area contributed by atoms with Crippen LogP contribution in [0.4, 0.5) is 5.69 Å². The van der Waals surface area contributed by atoms with Gasteiger partial charge in [0.25, 0.3) is 5.91 Å². The van der Waals surface area contributed by atoms with Gasteiger partial charge < -0.3 is 19.2 Å². The van der Waals surface area contributed by atoms with Gasteiger partial charge in [-0.15, -0.1) is 0 Å². The van der Waals surface area contributed by atoms with Crippen molar-refractivity contribution >= 4 is 28.5 Å². The van der Waals surface area contributed by atoms with E-state index in [1.54, 1.807) is 42.5 Å². The van der Waals surface area contributed by atoms with Crippen LogP contribution < -0.4 is 15.7 Å². The first-order valence-corrected chi connectivity index (χ1v) is 11.1. The van der Waals surface area contributed by atoms with Crippen LogP contribution in [0, 0.1) is 20.8 Å². The number of carbonyl (C=O) groups is 2. The van der Waals surface area contributed by atoms with Gasteiger partial charge in [0.2, 0.25) is 6.10 Å². The molecule has 35 heavy (non-hydrogen) atoms. The summed E-state index contributed by atoms with van der Waals surface area (Å²) in [5.41, 5.74) is 3.74. The molecule has 3 aromatic carbocycles. The summed E-state index contributed by atoms with van der Waals surface area (Å²) in [6, 6.07) is 20.9. The smallest absolute Gasteiger partial charge is 0.345 e. The Hall–Kier alpha value is -4.39. The number of rotatable bonds is 7. The van der Waals surface area contributed by atoms with E-state index in [1.165, 1.54) is 6.07 Å². The molecule has 1 N–H and O–H groups in total. The van der Waals surface area contributed by atoms with E-state index in [9.17, 15) is 14.4 Å². The van der Waals surface area contributed by atoms with Crippen molar-refractivity contribution in [1.82, 2.24) is 0 Å². The second-order valence-corrected chi connectivity index (χ2v) is 8.28. The molecular weight excluding hydrogens is 446 g/mol. The number of amides is 1. The largest absolute Gasteiger partial charge is 0.482 e. The minimum Gasteiger partial charge on any atom is -0.482 e. The molecule has 7 heteroatoms. The van der Waals surface area contributed by atoms with Crippen molar-refractivity contribution in [3.8, 4) is 5.75 Å². The highest BCUT2D eigenvalue weighted by Crippen LogP contribution is 2.24. The Kier molecular flexibility index (Phi) is 6.96. The molecular formula is C28H25NO6. The highest BCUT2D eigenvalue weighted by Gasteiger charge is 2.26. The van der Waals surface area contributed by atoms with Gasteiger partial charge in [-0.3, -0.25) is 4.79 Å². The maximum atomic E-state index is 13.1. The number of hydrogen-bond acceptors (Lipinski definition) is 6. The Morgan fingerprint density at radius 3 is 2.46 bits per heavy atom.